The first kappa shape index (κ1) is 11.9. The largest absolute Gasteiger partial charge is 0.351 e. The minimum Gasteiger partial charge on any atom is -0.351 e. The average Bonchev–Trinajstić information content (AvgIpc) is 2.32. The number of amides is 1. The number of hydrogen-bond donors (Lipinski definition) is 3. The summed E-state index contributed by atoms with van der Waals surface area (Å²) < 4.78 is 0. The molecule has 1 heterocycles. The predicted molar refractivity (Wildman–Crippen MR) is 66.3 cm³/mol. The Kier molecular flexibility index (Phi) is 3.93. The van der Waals surface area contributed by atoms with Crippen molar-refractivity contribution in [1.82, 2.24) is 10.3 Å². The molecule has 0 spiro atoms. The lowest BCUT2D eigenvalue weighted by Crippen LogP contribution is -2.28. The second-order valence-corrected chi connectivity index (χ2v) is 4.42. The van der Waals surface area contributed by atoms with E-state index in [0.29, 0.717) is 11.4 Å². The van der Waals surface area contributed by atoms with Crippen LogP contribution in [0.25, 0.3) is 0 Å². The van der Waals surface area contributed by atoms with Crippen LogP contribution in [0.1, 0.15) is 36.2 Å². The van der Waals surface area contributed by atoms with Crippen molar-refractivity contribution in [3.8, 4) is 0 Å². The molecular formula is C12H18N4O. The van der Waals surface area contributed by atoms with Crippen LogP contribution in [0.5, 0.6) is 0 Å². The van der Waals surface area contributed by atoms with Crippen LogP contribution < -0.4 is 16.6 Å². The number of hydrogen-bond acceptors (Lipinski definition) is 4. The van der Waals surface area contributed by atoms with Gasteiger partial charge in [-0.3, -0.25) is 10.6 Å². The van der Waals surface area contributed by atoms with Gasteiger partial charge in [-0.1, -0.05) is 19.3 Å². The number of pyridine rings is 1. The molecule has 1 saturated carbocycles. The minimum absolute atomic E-state index is 0.118. The molecule has 0 bridgehead atoms. The average molecular weight is 234 g/mol. The number of rotatable bonds is 5. The molecule has 0 aromatic carbocycles. The van der Waals surface area contributed by atoms with Gasteiger partial charge in [-0.25, -0.2) is 4.98 Å². The number of hydrazine groups is 1. The summed E-state index contributed by atoms with van der Waals surface area (Å²) in [6, 6.07) is 3.39. The van der Waals surface area contributed by atoms with Crippen LogP contribution in [0.2, 0.25) is 0 Å². The van der Waals surface area contributed by atoms with E-state index < -0.39 is 0 Å². The maximum atomic E-state index is 11.7. The Morgan fingerprint density at radius 1 is 1.47 bits per heavy atom. The standard InChI is InChI=1S/C12H18N4O/c13-16-10-4-5-11(15-8-10)12(17)14-7-6-9-2-1-3-9/h4-5,8-9,16H,1-3,6-7,13H2,(H,14,17). The second kappa shape index (κ2) is 5.63. The Morgan fingerprint density at radius 3 is 2.82 bits per heavy atom. The smallest absolute Gasteiger partial charge is 0.269 e. The number of aromatic nitrogens is 1. The molecule has 4 N–H and O–H groups in total. The Bertz CT molecular complexity index is 373. The van der Waals surface area contributed by atoms with E-state index in [2.05, 4.69) is 15.7 Å². The quantitative estimate of drug-likeness (QED) is 0.529. The molecular weight excluding hydrogens is 216 g/mol. The zero-order valence-corrected chi connectivity index (χ0v) is 9.78. The van der Waals surface area contributed by atoms with Crippen LogP contribution in [0.15, 0.2) is 18.3 Å². The summed E-state index contributed by atoms with van der Waals surface area (Å²) in [7, 11) is 0. The van der Waals surface area contributed by atoms with E-state index in [1.807, 2.05) is 0 Å². The van der Waals surface area contributed by atoms with Crippen molar-refractivity contribution in [2.75, 3.05) is 12.0 Å². The van der Waals surface area contributed by atoms with Gasteiger partial charge in [-0.15, -0.1) is 0 Å². The number of anilines is 1. The molecule has 0 saturated heterocycles. The Balaban J connectivity index is 1.77. The molecule has 1 aromatic rings. The fourth-order valence-corrected chi connectivity index (χ4v) is 1.88. The van der Waals surface area contributed by atoms with Gasteiger partial charge in [0, 0.05) is 6.54 Å². The first-order chi connectivity index (χ1) is 8.29. The van der Waals surface area contributed by atoms with E-state index in [-0.39, 0.29) is 5.91 Å². The Morgan fingerprint density at radius 2 is 2.29 bits per heavy atom. The van der Waals surface area contributed by atoms with E-state index in [4.69, 9.17) is 5.84 Å². The molecule has 17 heavy (non-hydrogen) atoms. The van der Waals surface area contributed by atoms with Crippen LogP contribution in [0, 0.1) is 5.92 Å². The first-order valence-corrected chi connectivity index (χ1v) is 6.00. The van der Waals surface area contributed by atoms with E-state index in [9.17, 15) is 4.79 Å². The van der Waals surface area contributed by atoms with Crippen molar-refractivity contribution < 1.29 is 4.79 Å². The second-order valence-electron chi connectivity index (χ2n) is 4.42. The fraction of sp³-hybridized carbons (Fsp3) is 0.500. The summed E-state index contributed by atoms with van der Waals surface area (Å²) >= 11 is 0. The monoisotopic (exact) mass is 234 g/mol. The van der Waals surface area contributed by atoms with Gasteiger partial charge in [0.1, 0.15) is 5.69 Å². The molecule has 1 aromatic heterocycles. The molecule has 2 rings (SSSR count). The summed E-state index contributed by atoms with van der Waals surface area (Å²) in [5, 5.41) is 2.88. The molecule has 1 amide bonds. The first-order valence-electron chi connectivity index (χ1n) is 6.00. The molecule has 0 radical (unpaired) electrons. The van der Waals surface area contributed by atoms with E-state index >= 15 is 0 Å². The van der Waals surface area contributed by atoms with Crippen LogP contribution >= 0.6 is 0 Å². The van der Waals surface area contributed by atoms with Crippen LogP contribution in [0.3, 0.4) is 0 Å². The number of nitrogens with one attached hydrogen (secondary N) is 2. The highest BCUT2D eigenvalue weighted by Crippen LogP contribution is 2.28. The van der Waals surface area contributed by atoms with Crippen molar-refractivity contribution in [1.29, 1.82) is 0 Å². The Hall–Kier alpha value is -1.62. The molecule has 92 valence electrons. The van der Waals surface area contributed by atoms with Gasteiger partial charge in [-0.05, 0) is 24.5 Å². The Labute approximate surface area is 101 Å². The molecule has 1 aliphatic rings. The number of nitrogen functional groups attached to an aromatic ring is 1. The highest BCUT2D eigenvalue weighted by atomic mass is 16.1. The lowest BCUT2D eigenvalue weighted by molar-refractivity contribution is 0.0944. The van der Waals surface area contributed by atoms with Gasteiger partial charge >= 0.3 is 0 Å². The van der Waals surface area contributed by atoms with E-state index in [0.717, 1.165) is 18.9 Å². The highest BCUT2D eigenvalue weighted by molar-refractivity contribution is 5.92. The van der Waals surface area contributed by atoms with Gasteiger partial charge in [-0.2, -0.15) is 0 Å². The lowest BCUT2D eigenvalue weighted by atomic mass is 9.83. The van der Waals surface area contributed by atoms with E-state index in [1.54, 1.807) is 18.3 Å². The van der Waals surface area contributed by atoms with Crippen molar-refractivity contribution >= 4 is 11.6 Å². The zero-order valence-electron chi connectivity index (χ0n) is 9.78. The number of carbonyl (C=O) groups is 1. The normalized spacial score (nSPS) is 15.1. The van der Waals surface area contributed by atoms with Gasteiger partial charge in [0.2, 0.25) is 0 Å². The van der Waals surface area contributed by atoms with E-state index in [1.165, 1.54) is 19.3 Å². The molecule has 5 heteroatoms. The number of nitrogens with two attached hydrogens (primary N) is 1. The predicted octanol–water partition coefficient (Wildman–Crippen LogP) is 1.29. The third-order valence-corrected chi connectivity index (χ3v) is 3.23. The highest BCUT2D eigenvalue weighted by Gasteiger charge is 2.17. The number of nitrogens with zero attached hydrogens (tertiary/aromatic N) is 1. The lowest BCUT2D eigenvalue weighted by Gasteiger charge is -2.25. The SMILES string of the molecule is NNc1ccc(C(=O)NCCC2CCC2)nc1. The van der Waals surface area contributed by atoms with Crippen molar-refractivity contribution in [2.24, 2.45) is 11.8 Å². The molecule has 0 unspecified atom stereocenters. The summed E-state index contributed by atoms with van der Waals surface area (Å²) in [4.78, 5) is 15.7. The molecule has 5 nitrogen and oxygen atoms in total. The van der Waals surface area contributed by atoms with Gasteiger partial charge in [0.05, 0.1) is 11.9 Å². The fourth-order valence-electron chi connectivity index (χ4n) is 1.88. The summed E-state index contributed by atoms with van der Waals surface area (Å²) in [6.07, 6.45) is 6.58. The number of carbonyl (C=O) groups excluding carboxylic acids is 1. The zero-order chi connectivity index (χ0) is 12.1. The minimum atomic E-state index is -0.118. The van der Waals surface area contributed by atoms with Gasteiger partial charge in [0.25, 0.3) is 5.91 Å². The maximum Gasteiger partial charge on any atom is 0.269 e. The summed E-state index contributed by atoms with van der Waals surface area (Å²) in [5.74, 6) is 5.92. The van der Waals surface area contributed by atoms with Crippen LogP contribution in [0.4, 0.5) is 5.69 Å². The molecule has 1 fully saturated rings. The topological polar surface area (TPSA) is 80.0 Å². The summed E-state index contributed by atoms with van der Waals surface area (Å²) in [5.41, 5.74) is 3.59. The van der Waals surface area contributed by atoms with Gasteiger partial charge < -0.3 is 10.7 Å². The van der Waals surface area contributed by atoms with Crippen molar-refractivity contribution in [3.63, 3.8) is 0 Å². The molecule has 0 aliphatic heterocycles. The third-order valence-electron chi connectivity index (χ3n) is 3.23. The summed E-state index contributed by atoms with van der Waals surface area (Å²) in [6.45, 7) is 0.738. The van der Waals surface area contributed by atoms with Crippen LogP contribution in [-0.2, 0) is 0 Å². The third kappa shape index (κ3) is 3.17. The maximum absolute atomic E-state index is 11.7. The van der Waals surface area contributed by atoms with Crippen LogP contribution in [-0.4, -0.2) is 17.4 Å². The van der Waals surface area contributed by atoms with Gasteiger partial charge in [0.15, 0.2) is 0 Å². The molecule has 0 atom stereocenters. The molecule has 1 aliphatic carbocycles. The van der Waals surface area contributed by atoms with Crippen molar-refractivity contribution in [2.45, 2.75) is 25.7 Å². The van der Waals surface area contributed by atoms with Crippen molar-refractivity contribution in [3.05, 3.63) is 24.0 Å².